The normalized spacial score (nSPS) is 16.1. The minimum Gasteiger partial charge on any atom is -0.352 e. The molecule has 5 nitrogen and oxygen atoms in total. The first-order chi connectivity index (χ1) is 13.7. The van der Waals surface area contributed by atoms with Gasteiger partial charge in [-0.3, -0.25) is 4.79 Å². The molecule has 0 bridgehead atoms. The van der Waals surface area contributed by atoms with Crippen LogP contribution < -0.4 is 10.6 Å². The monoisotopic (exact) mass is 414 g/mol. The van der Waals surface area contributed by atoms with Crippen molar-refractivity contribution in [1.29, 1.82) is 0 Å². The molecule has 152 valence electrons. The molecule has 1 saturated heterocycles. The van der Waals surface area contributed by atoms with Crippen molar-refractivity contribution in [3.05, 3.63) is 72.2 Å². The molecule has 1 atom stereocenters. The van der Waals surface area contributed by atoms with Crippen molar-refractivity contribution in [3.63, 3.8) is 0 Å². The van der Waals surface area contributed by atoms with Crippen molar-refractivity contribution in [3.8, 4) is 16.9 Å². The number of amides is 1. The van der Waals surface area contributed by atoms with Crippen LogP contribution in [-0.4, -0.2) is 34.8 Å². The minimum absolute atomic E-state index is 0. The molecule has 1 fully saturated rings. The third-order valence-corrected chi connectivity index (χ3v) is 4.94. The lowest BCUT2D eigenvalue weighted by Gasteiger charge is -2.23. The molecule has 4 rings (SSSR count). The maximum Gasteiger partial charge on any atom is 0.224 e. The second kappa shape index (κ2) is 9.67. The van der Waals surface area contributed by atoms with Crippen LogP contribution in [0, 0.1) is 5.82 Å². The number of nitrogens with one attached hydrogen (secondary N) is 2. The molecule has 0 unspecified atom stereocenters. The average molecular weight is 415 g/mol. The van der Waals surface area contributed by atoms with Gasteiger partial charge in [0.25, 0.3) is 0 Å². The summed E-state index contributed by atoms with van der Waals surface area (Å²) in [7, 11) is 0. The van der Waals surface area contributed by atoms with Crippen LogP contribution in [-0.2, 0) is 11.2 Å². The summed E-state index contributed by atoms with van der Waals surface area (Å²) < 4.78 is 15.1. The van der Waals surface area contributed by atoms with Crippen LogP contribution in [0.25, 0.3) is 16.9 Å². The molecule has 2 heterocycles. The van der Waals surface area contributed by atoms with E-state index in [9.17, 15) is 9.18 Å². The minimum atomic E-state index is -0.296. The number of rotatable bonds is 5. The first-order valence-corrected chi connectivity index (χ1v) is 9.59. The topological polar surface area (TPSA) is 59.0 Å². The average Bonchev–Trinajstić information content (AvgIpc) is 3.13. The summed E-state index contributed by atoms with van der Waals surface area (Å²) >= 11 is 0. The number of nitrogens with zero attached hydrogens (tertiary/aromatic N) is 2. The van der Waals surface area contributed by atoms with Gasteiger partial charge >= 0.3 is 0 Å². The van der Waals surface area contributed by atoms with Crippen LogP contribution in [0.15, 0.2) is 60.8 Å². The molecule has 7 heteroatoms. The van der Waals surface area contributed by atoms with Crippen LogP contribution in [0.4, 0.5) is 4.39 Å². The molecule has 2 N–H and O–H groups in total. The van der Waals surface area contributed by atoms with Crippen molar-refractivity contribution in [2.75, 3.05) is 13.1 Å². The summed E-state index contributed by atoms with van der Waals surface area (Å²) in [6, 6.07) is 16.1. The Morgan fingerprint density at radius 1 is 1.17 bits per heavy atom. The molecule has 1 aliphatic rings. The Morgan fingerprint density at radius 2 is 1.93 bits per heavy atom. The van der Waals surface area contributed by atoms with E-state index in [4.69, 9.17) is 0 Å². The Kier molecular flexibility index (Phi) is 7.01. The van der Waals surface area contributed by atoms with Gasteiger partial charge in [0.05, 0.1) is 17.8 Å². The molecule has 29 heavy (non-hydrogen) atoms. The smallest absolute Gasteiger partial charge is 0.224 e. The van der Waals surface area contributed by atoms with Crippen molar-refractivity contribution in [2.45, 2.75) is 25.3 Å². The van der Waals surface area contributed by atoms with Gasteiger partial charge in [0.1, 0.15) is 5.82 Å². The van der Waals surface area contributed by atoms with E-state index in [2.05, 4.69) is 15.7 Å². The zero-order chi connectivity index (χ0) is 19.3. The number of halogens is 2. The van der Waals surface area contributed by atoms with Gasteiger partial charge in [0.2, 0.25) is 5.91 Å². The molecular formula is C22H24ClFN4O. The number of hydrogen-bond donors (Lipinski definition) is 2. The van der Waals surface area contributed by atoms with Crippen LogP contribution in [0.5, 0.6) is 0 Å². The first-order valence-electron chi connectivity index (χ1n) is 9.59. The Balaban J connectivity index is 0.00000240. The number of para-hydroxylation sites is 1. The van der Waals surface area contributed by atoms with Crippen molar-refractivity contribution in [2.24, 2.45) is 0 Å². The predicted octanol–water partition coefficient (Wildman–Crippen LogP) is 3.51. The highest BCUT2D eigenvalue weighted by molar-refractivity contribution is 5.85. The molecule has 0 saturated carbocycles. The second-order valence-electron chi connectivity index (χ2n) is 7.08. The number of carbonyl (C=O) groups excluding carboxylic acids is 1. The van der Waals surface area contributed by atoms with E-state index in [1.54, 1.807) is 16.8 Å². The molecular weight excluding hydrogens is 391 g/mol. The van der Waals surface area contributed by atoms with Gasteiger partial charge in [-0.1, -0.05) is 18.2 Å². The third-order valence-electron chi connectivity index (χ3n) is 4.94. The zero-order valence-electron chi connectivity index (χ0n) is 16.0. The summed E-state index contributed by atoms with van der Waals surface area (Å²) in [5, 5.41) is 11.1. The lowest BCUT2D eigenvalue weighted by Crippen LogP contribution is -2.46. The van der Waals surface area contributed by atoms with E-state index >= 15 is 0 Å². The van der Waals surface area contributed by atoms with Crippen LogP contribution in [0.1, 0.15) is 18.4 Å². The first kappa shape index (κ1) is 21.0. The Morgan fingerprint density at radius 3 is 2.62 bits per heavy atom. The highest BCUT2D eigenvalue weighted by Gasteiger charge is 2.19. The summed E-state index contributed by atoms with van der Waals surface area (Å²) in [4.78, 5) is 12.6. The van der Waals surface area contributed by atoms with Crippen molar-refractivity contribution >= 4 is 18.3 Å². The Hall–Kier alpha value is -2.70. The number of piperidine rings is 1. The van der Waals surface area contributed by atoms with Gasteiger partial charge in [0.15, 0.2) is 0 Å². The van der Waals surface area contributed by atoms with Gasteiger partial charge in [-0.15, -0.1) is 12.4 Å². The van der Waals surface area contributed by atoms with Crippen LogP contribution in [0.3, 0.4) is 0 Å². The van der Waals surface area contributed by atoms with Crippen LogP contribution >= 0.6 is 12.4 Å². The van der Waals surface area contributed by atoms with E-state index in [0.717, 1.165) is 42.7 Å². The lowest BCUT2D eigenvalue weighted by molar-refractivity contribution is -0.121. The molecule has 0 spiro atoms. The van der Waals surface area contributed by atoms with Crippen LogP contribution in [0.2, 0.25) is 0 Å². The maximum atomic E-state index is 13.3. The SMILES string of the molecule is Cl.O=C(Cc1cn(-c2ccccc2)nc1-c1ccc(F)cc1)N[C@H]1CCCNC1. The van der Waals surface area contributed by atoms with Crippen molar-refractivity contribution in [1.82, 2.24) is 20.4 Å². The second-order valence-corrected chi connectivity index (χ2v) is 7.08. The number of hydrogen-bond acceptors (Lipinski definition) is 3. The van der Waals surface area contributed by atoms with E-state index < -0.39 is 0 Å². The van der Waals surface area contributed by atoms with E-state index in [1.165, 1.54) is 12.1 Å². The fourth-order valence-electron chi connectivity index (χ4n) is 3.53. The Bertz CT molecular complexity index is 937. The molecule has 3 aromatic rings. The van der Waals surface area contributed by atoms with Gasteiger partial charge in [-0.25, -0.2) is 9.07 Å². The van der Waals surface area contributed by atoms with Crippen molar-refractivity contribution < 1.29 is 9.18 Å². The highest BCUT2D eigenvalue weighted by atomic mass is 35.5. The highest BCUT2D eigenvalue weighted by Crippen LogP contribution is 2.24. The molecule has 2 aromatic carbocycles. The maximum absolute atomic E-state index is 13.3. The van der Waals surface area contributed by atoms with Gasteiger partial charge < -0.3 is 10.6 Å². The zero-order valence-corrected chi connectivity index (χ0v) is 16.8. The Labute approximate surface area is 175 Å². The number of benzene rings is 2. The van der Waals surface area contributed by atoms with E-state index in [0.29, 0.717) is 5.69 Å². The van der Waals surface area contributed by atoms with Gasteiger partial charge in [-0.05, 0) is 55.8 Å². The molecule has 1 amide bonds. The number of carbonyl (C=O) groups is 1. The molecule has 1 aliphatic heterocycles. The summed E-state index contributed by atoms with van der Waals surface area (Å²) in [5.74, 6) is -0.319. The predicted molar refractivity (Wildman–Crippen MR) is 114 cm³/mol. The van der Waals surface area contributed by atoms with E-state index in [1.807, 2.05) is 36.5 Å². The third kappa shape index (κ3) is 5.22. The van der Waals surface area contributed by atoms with E-state index in [-0.39, 0.29) is 36.6 Å². The molecule has 0 radical (unpaired) electrons. The molecule has 0 aliphatic carbocycles. The summed E-state index contributed by atoms with van der Waals surface area (Å²) in [6.07, 6.45) is 4.17. The van der Waals surface area contributed by atoms with Gasteiger partial charge in [-0.2, -0.15) is 5.10 Å². The standard InChI is InChI=1S/C22H23FN4O.ClH/c23-18-10-8-16(9-11-18)22-17(13-21(28)25-19-5-4-12-24-14-19)15-27(26-22)20-6-2-1-3-7-20;/h1-3,6-11,15,19,24H,4-5,12-14H2,(H,25,28);1H/t19-;/m0./s1. The lowest BCUT2D eigenvalue weighted by atomic mass is 10.0. The summed E-state index contributed by atoms with van der Waals surface area (Å²) in [6.45, 7) is 1.81. The van der Waals surface area contributed by atoms with Gasteiger partial charge in [0, 0.05) is 29.9 Å². The number of aromatic nitrogens is 2. The largest absolute Gasteiger partial charge is 0.352 e. The summed E-state index contributed by atoms with van der Waals surface area (Å²) in [5.41, 5.74) is 3.21. The fraction of sp³-hybridized carbons (Fsp3) is 0.273. The quantitative estimate of drug-likeness (QED) is 0.671. The fourth-order valence-corrected chi connectivity index (χ4v) is 3.53. The molecule has 1 aromatic heterocycles.